The van der Waals surface area contributed by atoms with Crippen LogP contribution in [0.4, 0.5) is 17.6 Å². The van der Waals surface area contributed by atoms with Gasteiger partial charge in [-0.1, -0.05) is 0 Å². The largest absolute Gasteiger partial charge is 0.273 e. The average molecular weight is 254 g/mol. The van der Waals surface area contributed by atoms with Gasteiger partial charge in [-0.15, -0.1) is 0 Å². The highest BCUT2D eigenvalue weighted by atomic mass is 127. The molecule has 0 fully saturated rings. The smallest absolute Gasteiger partial charge is 0.236 e. The molecule has 0 aromatic carbocycles. The molecule has 1 unspecified atom stereocenters. The summed E-state index contributed by atoms with van der Waals surface area (Å²) in [5.74, 6) is 0. The maximum Gasteiger partial charge on any atom is 0.273 e. The summed E-state index contributed by atoms with van der Waals surface area (Å²) in [7, 11) is 0. The number of hydrogen-bond acceptors (Lipinski definition) is 0. The Kier molecular flexibility index (Phi) is 4.16. The topological polar surface area (TPSA) is 0 Å². The molecule has 0 N–H and O–H groups in total. The molecule has 0 aromatic heterocycles. The van der Waals surface area contributed by atoms with E-state index in [0.717, 1.165) is 22.6 Å². The van der Waals surface area contributed by atoms with Crippen molar-refractivity contribution >= 4 is 22.6 Å². The van der Waals surface area contributed by atoms with E-state index in [1.807, 2.05) is 0 Å². The van der Waals surface area contributed by atoms with E-state index >= 15 is 0 Å². The van der Waals surface area contributed by atoms with Crippen LogP contribution >= 0.6 is 22.6 Å². The van der Waals surface area contributed by atoms with Gasteiger partial charge in [0.2, 0.25) is 0 Å². The van der Waals surface area contributed by atoms with Crippen LogP contribution in [0, 0.1) is 0 Å². The third-order valence-corrected chi connectivity index (χ3v) is 0.886. The van der Waals surface area contributed by atoms with Crippen molar-refractivity contribution in [1.29, 1.82) is 0 Å². The lowest BCUT2D eigenvalue weighted by Gasteiger charge is -1.97. The molecule has 0 spiro atoms. The second-order valence-electron chi connectivity index (χ2n) is 1.24. The summed E-state index contributed by atoms with van der Waals surface area (Å²) in [6.07, 6.45) is -5.39. The lowest BCUT2D eigenvalue weighted by molar-refractivity contribution is 0.0744. The molecule has 0 aliphatic heterocycles. The van der Waals surface area contributed by atoms with Gasteiger partial charge in [0.25, 0.3) is 6.43 Å². The van der Waals surface area contributed by atoms with Crippen molar-refractivity contribution in [3.05, 3.63) is 9.91 Å². The highest BCUT2D eigenvalue weighted by Crippen LogP contribution is 2.14. The third-order valence-electron chi connectivity index (χ3n) is 0.526. The Labute approximate surface area is 63.1 Å². The summed E-state index contributed by atoms with van der Waals surface area (Å²) >= 11 is 1.11. The fourth-order valence-corrected chi connectivity index (χ4v) is 0.537. The van der Waals surface area contributed by atoms with E-state index in [-0.39, 0.29) is 6.08 Å². The molecule has 5 heteroatoms. The fourth-order valence-electron chi connectivity index (χ4n) is 0.193. The predicted octanol–water partition coefficient (Wildman–Crippen LogP) is 2.84. The van der Waals surface area contributed by atoms with Crippen LogP contribution in [0.5, 0.6) is 0 Å². The molecule has 0 aliphatic rings. The van der Waals surface area contributed by atoms with E-state index in [1.54, 1.807) is 0 Å². The van der Waals surface area contributed by atoms with E-state index in [9.17, 15) is 17.6 Å². The molecular weight excluding hydrogens is 251 g/mol. The molecule has 9 heavy (non-hydrogen) atoms. The van der Waals surface area contributed by atoms with Gasteiger partial charge in [-0.25, -0.2) is 17.6 Å². The monoisotopic (exact) mass is 254 g/mol. The van der Waals surface area contributed by atoms with E-state index < -0.39 is 16.4 Å². The van der Waals surface area contributed by atoms with Crippen LogP contribution in [-0.2, 0) is 0 Å². The third kappa shape index (κ3) is 4.68. The second-order valence-corrected chi connectivity index (χ2v) is 2.27. The molecule has 0 aromatic rings. The van der Waals surface area contributed by atoms with Crippen LogP contribution in [0.3, 0.4) is 0 Å². The van der Waals surface area contributed by atoms with Gasteiger partial charge >= 0.3 is 0 Å². The maximum atomic E-state index is 11.7. The van der Waals surface area contributed by atoms with Crippen LogP contribution < -0.4 is 0 Å². The molecule has 0 bridgehead atoms. The lowest BCUT2D eigenvalue weighted by Crippen LogP contribution is -2.07. The summed E-state index contributed by atoms with van der Waals surface area (Å²) < 4.78 is 44.7. The molecule has 0 aliphatic carbocycles. The van der Waals surface area contributed by atoms with E-state index in [1.165, 1.54) is 0 Å². The van der Waals surface area contributed by atoms with Gasteiger partial charge in [0.05, 0.1) is 0 Å². The molecule has 0 rings (SSSR count). The Bertz CT molecular complexity index is 107. The Hall–Kier alpha value is 0.190. The zero-order chi connectivity index (χ0) is 7.44. The Morgan fingerprint density at radius 2 is 1.78 bits per heavy atom. The van der Waals surface area contributed by atoms with Crippen LogP contribution in [0.25, 0.3) is 0 Å². The molecular formula is C4H3F4I. The zero-order valence-corrected chi connectivity index (χ0v) is 6.28. The van der Waals surface area contributed by atoms with Crippen molar-refractivity contribution in [1.82, 2.24) is 0 Å². The summed E-state index contributed by atoms with van der Waals surface area (Å²) in [5, 5.41) is 0. The number of rotatable bonds is 2. The van der Waals surface area contributed by atoms with Gasteiger partial charge in [0, 0.05) is 0 Å². The molecule has 0 radical (unpaired) electrons. The quantitative estimate of drug-likeness (QED) is 0.525. The van der Waals surface area contributed by atoms with Gasteiger partial charge in [0.1, 0.15) is 0 Å². The standard InChI is InChI=1S/C4H3F4I/c5-2(4(7)8)1-3(6)9/h1-2,4H. The first kappa shape index (κ1) is 9.19. The fraction of sp³-hybridized carbons (Fsp3) is 0.500. The van der Waals surface area contributed by atoms with Crippen molar-refractivity contribution in [2.45, 2.75) is 12.6 Å². The first-order chi connectivity index (χ1) is 4.04. The van der Waals surface area contributed by atoms with Gasteiger partial charge < -0.3 is 0 Å². The average Bonchev–Trinajstić information content (AvgIpc) is 1.63. The minimum Gasteiger partial charge on any atom is -0.236 e. The number of allylic oxidation sites excluding steroid dienone is 1. The molecule has 54 valence electrons. The zero-order valence-electron chi connectivity index (χ0n) is 4.12. The van der Waals surface area contributed by atoms with Crippen LogP contribution in [0.2, 0.25) is 0 Å². The Morgan fingerprint density at radius 1 is 1.33 bits per heavy atom. The summed E-state index contributed by atoms with van der Waals surface area (Å²) in [6.45, 7) is 0. The molecule has 0 saturated heterocycles. The van der Waals surface area contributed by atoms with Crippen LogP contribution in [0.15, 0.2) is 9.91 Å². The predicted molar refractivity (Wildman–Crippen MR) is 34.1 cm³/mol. The van der Waals surface area contributed by atoms with E-state index in [0.29, 0.717) is 0 Å². The highest BCUT2D eigenvalue weighted by molar-refractivity contribution is 14.1. The minimum absolute atomic E-state index is 0.227. The van der Waals surface area contributed by atoms with Gasteiger partial charge in [-0.3, -0.25) is 0 Å². The van der Waals surface area contributed by atoms with Crippen molar-refractivity contribution in [3.63, 3.8) is 0 Å². The summed E-state index contributed by atoms with van der Waals surface area (Å²) in [4.78, 5) is 0. The summed E-state index contributed by atoms with van der Waals surface area (Å²) in [6, 6.07) is 0. The minimum atomic E-state index is -3.13. The molecule has 0 nitrogen and oxygen atoms in total. The van der Waals surface area contributed by atoms with Crippen molar-refractivity contribution in [2.24, 2.45) is 0 Å². The summed E-state index contributed by atoms with van der Waals surface area (Å²) in [5.41, 5.74) is 0. The first-order valence-corrected chi connectivity index (χ1v) is 3.07. The van der Waals surface area contributed by atoms with Crippen LogP contribution in [0.1, 0.15) is 0 Å². The van der Waals surface area contributed by atoms with Crippen molar-refractivity contribution in [3.8, 4) is 0 Å². The molecule has 1 atom stereocenters. The number of alkyl halides is 3. The molecule has 0 heterocycles. The molecule has 0 saturated carbocycles. The van der Waals surface area contributed by atoms with Crippen LogP contribution in [-0.4, -0.2) is 12.6 Å². The Morgan fingerprint density at radius 3 is 1.89 bits per heavy atom. The second kappa shape index (κ2) is 4.08. The maximum absolute atomic E-state index is 11.7. The van der Waals surface area contributed by atoms with Crippen molar-refractivity contribution < 1.29 is 17.6 Å². The molecule has 0 amide bonds. The lowest BCUT2D eigenvalue weighted by atomic mass is 10.4. The van der Waals surface area contributed by atoms with Gasteiger partial charge in [0.15, 0.2) is 10.0 Å². The van der Waals surface area contributed by atoms with E-state index in [4.69, 9.17) is 0 Å². The normalized spacial score (nSPS) is 16.4. The Balaban J connectivity index is 3.76. The van der Waals surface area contributed by atoms with Gasteiger partial charge in [-0.05, 0) is 28.7 Å². The van der Waals surface area contributed by atoms with Crippen molar-refractivity contribution in [2.75, 3.05) is 0 Å². The SMILES string of the molecule is FC(I)=CC(F)C(F)F. The highest BCUT2D eigenvalue weighted by Gasteiger charge is 2.16. The van der Waals surface area contributed by atoms with E-state index in [2.05, 4.69) is 0 Å². The number of halogens is 5. The number of hydrogen-bond donors (Lipinski definition) is 0. The van der Waals surface area contributed by atoms with Gasteiger partial charge in [-0.2, -0.15) is 0 Å². The first-order valence-electron chi connectivity index (χ1n) is 1.99.